The summed E-state index contributed by atoms with van der Waals surface area (Å²) in [7, 11) is 1.56. The molecule has 0 aromatic carbocycles. The summed E-state index contributed by atoms with van der Waals surface area (Å²) in [5, 5.41) is 8.85. The number of aromatic nitrogens is 1. The summed E-state index contributed by atoms with van der Waals surface area (Å²) in [5.74, 6) is -0.246. The number of hydrogen-bond acceptors (Lipinski definition) is 4. The summed E-state index contributed by atoms with van der Waals surface area (Å²) in [4.78, 5) is 17.6. The number of ether oxygens (including phenoxy) is 1. The van der Waals surface area contributed by atoms with Crippen LogP contribution in [0.25, 0.3) is 0 Å². The fourth-order valence-corrected chi connectivity index (χ4v) is 1.55. The summed E-state index contributed by atoms with van der Waals surface area (Å²) in [6.07, 6.45) is 0.274. The van der Waals surface area contributed by atoms with Crippen molar-refractivity contribution in [1.29, 1.82) is 5.26 Å². The van der Waals surface area contributed by atoms with Crippen molar-refractivity contribution in [3.05, 3.63) is 29.0 Å². The number of rotatable bonds is 6. The first-order valence-corrected chi connectivity index (χ1v) is 5.84. The molecule has 0 atom stereocenters. The van der Waals surface area contributed by atoms with Gasteiger partial charge in [-0.25, -0.2) is 4.98 Å². The van der Waals surface area contributed by atoms with Gasteiger partial charge in [-0.05, 0) is 12.1 Å². The van der Waals surface area contributed by atoms with Gasteiger partial charge in [-0.2, -0.15) is 5.26 Å². The molecule has 0 aliphatic heterocycles. The van der Waals surface area contributed by atoms with Gasteiger partial charge in [-0.3, -0.25) is 4.79 Å². The van der Waals surface area contributed by atoms with Crippen LogP contribution in [0.3, 0.4) is 0 Å². The molecule has 0 aliphatic rings. The van der Waals surface area contributed by atoms with Crippen LogP contribution in [0.1, 0.15) is 16.9 Å². The topological polar surface area (TPSA) is 66.2 Å². The van der Waals surface area contributed by atoms with E-state index in [0.717, 1.165) is 0 Å². The molecule has 0 unspecified atom stereocenters. The lowest BCUT2D eigenvalue weighted by Gasteiger charge is -2.20. The second kappa shape index (κ2) is 7.64. The Kier molecular flexibility index (Phi) is 6.12. The highest BCUT2D eigenvalue weighted by molar-refractivity contribution is 6.29. The van der Waals surface area contributed by atoms with E-state index in [1.165, 1.54) is 4.90 Å². The number of pyridine rings is 1. The first-order valence-electron chi connectivity index (χ1n) is 5.46. The lowest BCUT2D eigenvalue weighted by molar-refractivity contribution is 0.0694. The van der Waals surface area contributed by atoms with E-state index in [9.17, 15) is 4.79 Å². The highest BCUT2D eigenvalue weighted by Gasteiger charge is 2.16. The van der Waals surface area contributed by atoms with Gasteiger partial charge in [0.25, 0.3) is 5.91 Å². The van der Waals surface area contributed by atoms with Crippen LogP contribution in [0.5, 0.6) is 0 Å². The monoisotopic (exact) mass is 267 g/mol. The van der Waals surface area contributed by atoms with Crippen LogP contribution in [-0.4, -0.2) is 42.6 Å². The molecule has 6 heteroatoms. The van der Waals surface area contributed by atoms with E-state index in [2.05, 4.69) is 4.98 Å². The average molecular weight is 268 g/mol. The van der Waals surface area contributed by atoms with Crippen molar-refractivity contribution in [2.45, 2.75) is 6.42 Å². The van der Waals surface area contributed by atoms with E-state index >= 15 is 0 Å². The van der Waals surface area contributed by atoms with E-state index in [-0.39, 0.29) is 23.2 Å². The van der Waals surface area contributed by atoms with Gasteiger partial charge in [0.05, 0.1) is 19.1 Å². The Balaban J connectivity index is 2.77. The van der Waals surface area contributed by atoms with Crippen LogP contribution < -0.4 is 0 Å². The van der Waals surface area contributed by atoms with E-state index in [4.69, 9.17) is 21.6 Å². The van der Waals surface area contributed by atoms with E-state index in [1.807, 2.05) is 6.07 Å². The van der Waals surface area contributed by atoms with Gasteiger partial charge in [0.1, 0.15) is 10.8 Å². The molecular formula is C12H14ClN3O2. The summed E-state index contributed by atoms with van der Waals surface area (Å²) < 4.78 is 4.94. The minimum atomic E-state index is -0.246. The van der Waals surface area contributed by atoms with E-state index in [1.54, 1.807) is 25.3 Å². The zero-order valence-electron chi connectivity index (χ0n) is 10.1. The van der Waals surface area contributed by atoms with Crippen LogP contribution in [-0.2, 0) is 4.74 Å². The first-order chi connectivity index (χ1) is 8.69. The Hall–Kier alpha value is -1.64. The predicted octanol–water partition coefficient (Wildman–Crippen LogP) is 1.74. The van der Waals surface area contributed by atoms with Crippen LogP contribution >= 0.6 is 11.6 Å². The number of carbonyl (C=O) groups excluding carboxylic acids is 1. The van der Waals surface area contributed by atoms with Gasteiger partial charge in [0.15, 0.2) is 0 Å². The average Bonchev–Trinajstić information content (AvgIpc) is 2.38. The van der Waals surface area contributed by atoms with Crippen molar-refractivity contribution in [3.63, 3.8) is 0 Å². The molecular weight excluding hydrogens is 254 g/mol. The van der Waals surface area contributed by atoms with Crippen LogP contribution in [0.4, 0.5) is 0 Å². The number of hydrogen-bond donors (Lipinski definition) is 0. The zero-order chi connectivity index (χ0) is 13.4. The fourth-order valence-electron chi connectivity index (χ4n) is 1.39. The summed E-state index contributed by atoms with van der Waals surface area (Å²) in [6.45, 7) is 1.19. The smallest absolute Gasteiger partial charge is 0.272 e. The van der Waals surface area contributed by atoms with Crippen LogP contribution in [0.2, 0.25) is 5.15 Å². The normalized spacial score (nSPS) is 9.83. The third kappa shape index (κ3) is 4.32. The highest BCUT2D eigenvalue weighted by atomic mass is 35.5. The van der Waals surface area contributed by atoms with Crippen LogP contribution in [0, 0.1) is 11.3 Å². The molecule has 0 bridgehead atoms. The Bertz CT molecular complexity index is 445. The molecule has 0 spiro atoms. The lowest BCUT2D eigenvalue weighted by atomic mass is 10.3. The lowest BCUT2D eigenvalue weighted by Crippen LogP contribution is -2.35. The van der Waals surface area contributed by atoms with Crippen molar-refractivity contribution >= 4 is 17.5 Å². The highest BCUT2D eigenvalue weighted by Crippen LogP contribution is 2.08. The summed E-state index contributed by atoms with van der Waals surface area (Å²) in [6, 6.07) is 6.88. The van der Waals surface area contributed by atoms with Gasteiger partial charge < -0.3 is 9.64 Å². The second-order valence-electron chi connectivity index (χ2n) is 3.54. The van der Waals surface area contributed by atoms with Crippen molar-refractivity contribution in [1.82, 2.24) is 9.88 Å². The maximum atomic E-state index is 12.1. The number of carbonyl (C=O) groups is 1. The molecule has 1 aromatic heterocycles. The van der Waals surface area contributed by atoms with E-state index in [0.29, 0.717) is 19.7 Å². The number of halogens is 1. The minimum absolute atomic E-state index is 0.246. The third-order valence-corrected chi connectivity index (χ3v) is 2.49. The molecule has 18 heavy (non-hydrogen) atoms. The first kappa shape index (κ1) is 14.4. The molecule has 0 radical (unpaired) electrons. The van der Waals surface area contributed by atoms with Crippen LogP contribution in [0.15, 0.2) is 18.2 Å². The zero-order valence-corrected chi connectivity index (χ0v) is 10.9. The van der Waals surface area contributed by atoms with Gasteiger partial charge in [0, 0.05) is 20.2 Å². The number of amides is 1. The number of nitrogens with zero attached hydrogens (tertiary/aromatic N) is 3. The molecule has 0 fully saturated rings. The maximum Gasteiger partial charge on any atom is 0.272 e. The molecule has 0 saturated carbocycles. The molecule has 0 saturated heterocycles. The molecule has 96 valence electrons. The molecule has 1 rings (SSSR count). The Labute approximate surface area is 111 Å². The minimum Gasteiger partial charge on any atom is -0.383 e. The SMILES string of the molecule is COCCN(CCC#N)C(=O)c1cccc(Cl)n1. The Morgan fingerprint density at radius 3 is 2.94 bits per heavy atom. The summed E-state index contributed by atoms with van der Waals surface area (Å²) in [5.41, 5.74) is 0.275. The van der Waals surface area contributed by atoms with Crippen molar-refractivity contribution in [2.24, 2.45) is 0 Å². The van der Waals surface area contributed by atoms with Crippen molar-refractivity contribution in [2.75, 3.05) is 26.8 Å². The fraction of sp³-hybridized carbons (Fsp3) is 0.417. The molecule has 0 N–H and O–H groups in total. The Morgan fingerprint density at radius 2 is 2.33 bits per heavy atom. The molecule has 5 nitrogen and oxygen atoms in total. The van der Waals surface area contributed by atoms with Gasteiger partial charge in [-0.1, -0.05) is 17.7 Å². The number of methoxy groups -OCH3 is 1. The molecule has 1 aromatic rings. The second-order valence-corrected chi connectivity index (χ2v) is 3.93. The standard InChI is InChI=1S/C12H14ClN3O2/c1-18-9-8-16(7-3-6-14)12(17)10-4-2-5-11(13)15-10/h2,4-5H,3,7-9H2,1H3. The molecule has 0 aliphatic carbocycles. The van der Waals surface area contributed by atoms with Crippen molar-refractivity contribution in [3.8, 4) is 6.07 Å². The maximum absolute atomic E-state index is 12.1. The quantitative estimate of drug-likeness (QED) is 0.737. The third-order valence-electron chi connectivity index (χ3n) is 2.28. The molecule has 1 amide bonds. The molecule has 1 heterocycles. The van der Waals surface area contributed by atoms with Gasteiger partial charge in [0.2, 0.25) is 0 Å². The van der Waals surface area contributed by atoms with Crippen molar-refractivity contribution < 1.29 is 9.53 Å². The number of nitriles is 1. The van der Waals surface area contributed by atoms with E-state index < -0.39 is 0 Å². The summed E-state index contributed by atoms with van der Waals surface area (Å²) >= 11 is 5.74. The van der Waals surface area contributed by atoms with Gasteiger partial charge >= 0.3 is 0 Å². The largest absolute Gasteiger partial charge is 0.383 e. The van der Waals surface area contributed by atoms with Gasteiger partial charge in [-0.15, -0.1) is 0 Å². The Morgan fingerprint density at radius 1 is 1.56 bits per heavy atom. The predicted molar refractivity (Wildman–Crippen MR) is 67.3 cm³/mol.